The molecule has 2 atom stereocenters. The van der Waals surface area contributed by atoms with Gasteiger partial charge >= 0.3 is 12.1 Å². The Morgan fingerprint density at radius 3 is 2.41 bits per heavy atom. The molecule has 0 saturated carbocycles. The zero-order valence-corrected chi connectivity index (χ0v) is 16.2. The van der Waals surface area contributed by atoms with Gasteiger partial charge in [0, 0.05) is 6.20 Å². The van der Waals surface area contributed by atoms with Crippen molar-refractivity contribution in [2.75, 3.05) is 5.73 Å². The summed E-state index contributed by atoms with van der Waals surface area (Å²) in [5.74, 6) is -1.10. The highest BCUT2D eigenvalue weighted by Crippen LogP contribution is 2.34. The number of alkyl carbamates (subject to hydrolysis) is 1. The maximum atomic E-state index is 12.3. The van der Waals surface area contributed by atoms with E-state index < -0.39 is 29.0 Å². The number of carbonyl (C=O) groups excluding carboxylic acids is 1. The Morgan fingerprint density at radius 1 is 1.19 bits per heavy atom. The van der Waals surface area contributed by atoms with Crippen molar-refractivity contribution in [2.24, 2.45) is 0 Å². The summed E-state index contributed by atoms with van der Waals surface area (Å²) in [5, 5.41) is 11.8. The number of carboxylic acid groups (broad SMARTS) is 1. The summed E-state index contributed by atoms with van der Waals surface area (Å²) in [6.45, 7) is 5.21. The topological polar surface area (TPSA) is 115 Å². The first-order valence-corrected chi connectivity index (χ1v) is 9.20. The number of carbonyl (C=O) groups is 2. The Hall–Kier alpha value is -2.74. The summed E-state index contributed by atoms with van der Waals surface area (Å²) >= 11 is 0.980. The standard InChI is InChI=1S/C19H23N3O4S/c1-19(2,3)26-18(25)22-14(12-8-5-4-6-9-12)15(17(23)24)27-16-13(20)10-7-11-21-16/h4-11,14-15H,20H2,1-3H3,(H,22,25)(H,23,24)/t14-,15+/m1/s1. The first-order chi connectivity index (χ1) is 12.7. The predicted octanol–water partition coefficient (Wildman–Crippen LogP) is 3.48. The second-order valence-electron chi connectivity index (χ2n) is 6.81. The van der Waals surface area contributed by atoms with Crippen LogP contribution in [0.25, 0.3) is 0 Å². The average Bonchev–Trinajstić information content (AvgIpc) is 2.58. The Labute approximate surface area is 162 Å². The fourth-order valence-corrected chi connectivity index (χ4v) is 3.34. The number of nitrogen functional groups attached to an aromatic ring is 1. The number of nitrogens with two attached hydrogens (primary N) is 1. The molecule has 2 aromatic rings. The fourth-order valence-electron chi connectivity index (χ4n) is 2.31. The predicted molar refractivity (Wildman–Crippen MR) is 104 cm³/mol. The number of nitrogens with one attached hydrogen (secondary N) is 1. The Balaban J connectivity index is 2.35. The number of hydrogen-bond donors (Lipinski definition) is 3. The van der Waals surface area contributed by atoms with Gasteiger partial charge in [0.1, 0.15) is 15.9 Å². The number of amides is 1. The number of thioether (sulfide) groups is 1. The molecule has 8 heteroatoms. The Kier molecular flexibility index (Phi) is 6.68. The summed E-state index contributed by atoms with van der Waals surface area (Å²) in [7, 11) is 0. The summed E-state index contributed by atoms with van der Waals surface area (Å²) in [6.07, 6.45) is 0.841. The number of rotatable bonds is 6. The highest BCUT2D eigenvalue weighted by Gasteiger charge is 2.34. The van der Waals surface area contributed by atoms with Gasteiger partial charge in [-0.3, -0.25) is 4.79 Å². The summed E-state index contributed by atoms with van der Waals surface area (Å²) in [6, 6.07) is 11.3. The lowest BCUT2D eigenvalue weighted by atomic mass is 10.0. The third kappa shape index (κ3) is 6.18. The van der Waals surface area contributed by atoms with Crippen LogP contribution < -0.4 is 11.1 Å². The quantitative estimate of drug-likeness (QED) is 0.648. The van der Waals surface area contributed by atoms with Crippen molar-refractivity contribution < 1.29 is 19.4 Å². The maximum absolute atomic E-state index is 12.3. The molecular formula is C19H23N3O4S. The van der Waals surface area contributed by atoms with Crippen molar-refractivity contribution in [1.82, 2.24) is 10.3 Å². The van der Waals surface area contributed by atoms with Crippen molar-refractivity contribution >= 4 is 29.5 Å². The van der Waals surface area contributed by atoms with Gasteiger partial charge in [-0.2, -0.15) is 0 Å². The van der Waals surface area contributed by atoms with E-state index in [1.54, 1.807) is 57.2 Å². The van der Waals surface area contributed by atoms with Crippen LogP contribution in [0.3, 0.4) is 0 Å². The summed E-state index contributed by atoms with van der Waals surface area (Å²) < 4.78 is 5.30. The van der Waals surface area contributed by atoms with E-state index in [1.807, 2.05) is 6.07 Å². The minimum absolute atomic E-state index is 0.373. The third-order valence-corrected chi connectivity index (χ3v) is 4.71. The van der Waals surface area contributed by atoms with E-state index in [0.717, 1.165) is 11.8 Å². The Bertz CT molecular complexity index is 793. The monoisotopic (exact) mass is 389 g/mol. The van der Waals surface area contributed by atoms with Gasteiger partial charge in [0.15, 0.2) is 0 Å². The number of aliphatic carboxylic acids is 1. The van der Waals surface area contributed by atoms with Gasteiger partial charge in [-0.25, -0.2) is 9.78 Å². The number of nitrogens with zero attached hydrogens (tertiary/aromatic N) is 1. The Morgan fingerprint density at radius 2 is 1.85 bits per heavy atom. The SMILES string of the molecule is CC(C)(C)OC(=O)N[C@H](c1ccccc1)[C@H](Sc1ncccc1N)C(=O)O. The summed E-state index contributed by atoms with van der Waals surface area (Å²) in [5.41, 5.74) is 6.21. The highest BCUT2D eigenvalue weighted by molar-refractivity contribution is 8.00. The molecule has 144 valence electrons. The molecule has 0 saturated heterocycles. The zero-order valence-electron chi connectivity index (χ0n) is 15.4. The first-order valence-electron chi connectivity index (χ1n) is 8.32. The van der Waals surface area contributed by atoms with Crippen LogP contribution in [0.1, 0.15) is 32.4 Å². The van der Waals surface area contributed by atoms with Crippen LogP contribution in [0.4, 0.5) is 10.5 Å². The second kappa shape index (κ2) is 8.77. The molecule has 1 aromatic heterocycles. The third-order valence-electron chi connectivity index (χ3n) is 3.42. The van der Waals surface area contributed by atoms with E-state index in [9.17, 15) is 14.7 Å². The van der Waals surface area contributed by atoms with Crippen molar-refractivity contribution in [3.05, 3.63) is 54.2 Å². The molecule has 1 heterocycles. The van der Waals surface area contributed by atoms with Crippen molar-refractivity contribution in [1.29, 1.82) is 0 Å². The number of hydrogen-bond acceptors (Lipinski definition) is 6. The van der Waals surface area contributed by atoms with Gasteiger partial charge in [0.25, 0.3) is 0 Å². The van der Waals surface area contributed by atoms with Gasteiger partial charge in [-0.05, 0) is 38.5 Å². The molecule has 0 aliphatic rings. The van der Waals surface area contributed by atoms with Crippen molar-refractivity contribution in [3.63, 3.8) is 0 Å². The molecule has 0 unspecified atom stereocenters. The van der Waals surface area contributed by atoms with E-state index in [2.05, 4.69) is 10.3 Å². The van der Waals surface area contributed by atoms with Crippen LogP contribution in [-0.2, 0) is 9.53 Å². The van der Waals surface area contributed by atoms with Crippen LogP contribution in [0.5, 0.6) is 0 Å². The molecule has 1 amide bonds. The zero-order chi connectivity index (χ0) is 20.0. The maximum Gasteiger partial charge on any atom is 0.408 e. The molecule has 7 nitrogen and oxygen atoms in total. The largest absolute Gasteiger partial charge is 0.480 e. The van der Waals surface area contributed by atoms with Gasteiger partial charge in [0.05, 0.1) is 11.7 Å². The van der Waals surface area contributed by atoms with E-state index in [0.29, 0.717) is 16.3 Å². The number of anilines is 1. The molecule has 27 heavy (non-hydrogen) atoms. The number of benzene rings is 1. The molecular weight excluding hydrogens is 366 g/mol. The molecule has 1 aromatic carbocycles. The van der Waals surface area contributed by atoms with Crippen LogP contribution in [0, 0.1) is 0 Å². The van der Waals surface area contributed by atoms with Gasteiger partial charge < -0.3 is 20.9 Å². The molecule has 0 aliphatic heterocycles. The van der Waals surface area contributed by atoms with Crippen molar-refractivity contribution in [2.45, 2.75) is 42.7 Å². The van der Waals surface area contributed by atoms with Crippen LogP contribution in [-0.4, -0.2) is 33.0 Å². The molecule has 4 N–H and O–H groups in total. The van der Waals surface area contributed by atoms with Crippen LogP contribution in [0.2, 0.25) is 0 Å². The van der Waals surface area contributed by atoms with E-state index >= 15 is 0 Å². The number of pyridine rings is 1. The van der Waals surface area contributed by atoms with Crippen molar-refractivity contribution in [3.8, 4) is 0 Å². The number of ether oxygens (including phenoxy) is 1. The van der Waals surface area contributed by atoms with E-state index in [1.165, 1.54) is 6.20 Å². The van der Waals surface area contributed by atoms with Gasteiger partial charge in [-0.1, -0.05) is 42.1 Å². The lowest BCUT2D eigenvalue weighted by Crippen LogP contribution is -2.41. The minimum atomic E-state index is -1.10. The van der Waals surface area contributed by atoms with E-state index in [4.69, 9.17) is 10.5 Å². The normalized spacial score (nSPS) is 13.4. The molecule has 0 bridgehead atoms. The first kappa shape index (κ1) is 20.6. The van der Waals surface area contributed by atoms with E-state index in [-0.39, 0.29) is 0 Å². The van der Waals surface area contributed by atoms with Crippen LogP contribution in [0.15, 0.2) is 53.7 Å². The lowest BCUT2D eigenvalue weighted by Gasteiger charge is -2.27. The van der Waals surface area contributed by atoms with Gasteiger partial charge in [0.2, 0.25) is 0 Å². The fraction of sp³-hybridized carbons (Fsp3) is 0.316. The summed E-state index contributed by atoms with van der Waals surface area (Å²) in [4.78, 5) is 28.5. The molecule has 2 rings (SSSR count). The average molecular weight is 389 g/mol. The van der Waals surface area contributed by atoms with Gasteiger partial charge in [-0.15, -0.1) is 0 Å². The number of carboxylic acids is 1. The highest BCUT2D eigenvalue weighted by atomic mass is 32.2. The molecule has 0 spiro atoms. The molecule has 0 fully saturated rings. The second-order valence-corrected chi connectivity index (χ2v) is 7.94. The minimum Gasteiger partial charge on any atom is -0.480 e. The van der Waals surface area contributed by atoms with Crippen LogP contribution >= 0.6 is 11.8 Å². The molecule has 0 aliphatic carbocycles. The number of aromatic nitrogens is 1. The smallest absolute Gasteiger partial charge is 0.408 e. The lowest BCUT2D eigenvalue weighted by molar-refractivity contribution is -0.136. The molecule has 0 radical (unpaired) electrons.